The molecule has 7 nitrogen and oxygen atoms in total. The van der Waals surface area contributed by atoms with E-state index < -0.39 is 22.0 Å². The maximum absolute atomic E-state index is 12.8. The van der Waals surface area contributed by atoms with E-state index in [1.165, 1.54) is 24.1 Å². The number of anilines is 1. The first-order valence-electron chi connectivity index (χ1n) is 7.04. The highest BCUT2D eigenvalue weighted by Gasteiger charge is 2.40. The predicted molar refractivity (Wildman–Crippen MR) is 86.4 cm³/mol. The van der Waals surface area contributed by atoms with Crippen molar-refractivity contribution in [1.82, 2.24) is 4.31 Å². The topological polar surface area (TPSA) is 95.0 Å². The van der Waals surface area contributed by atoms with Crippen LogP contribution in [0.3, 0.4) is 0 Å². The number of carboxylic acids is 1. The van der Waals surface area contributed by atoms with Crippen molar-refractivity contribution in [1.29, 1.82) is 0 Å². The average molecular weight is 346 g/mol. The molecular formula is C16H14N2O5S. The highest BCUT2D eigenvalue weighted by molar-refractivity contribution is 7.90. The van der Waals surface area contributed by atoms with Gasteiger partial charge in [0.25, 0.3) is 10.0 Å². The number of carbonyl (C=O) groups excluding carboxylic acids is 1. The largest absolute Gasteiger partial charge is 0.478 e. The SMILES string of the molecule is CN1C(=O)N(Cc2ccccc2)S(=O)(=O)c2cc(C(=O)O)ccc21. The van der Waals surface area contributed by atoms with E-state index in [-0.39, 0.29) is 22.7 Å². The summed E-state index contributed by atoms with van der Waals surface area (Å²) in [4.78, 5) is 24.6. The van der Waals surface area contributed by atoms with Crippen LogP contribution in [0.2, 0.25) is 0 Å². The van der Waals surface area contributed by atoms with Crippen molar-refractivity contribution in [2.24, 2.45) is 0 Å². The number of aromatic carboxylic acids is 1. The second kappa shape index (κ2) is 5.64. The summed E-state index contributed by atoms with van der Waals surface area (Å²) in [6.45, 7) is -0.122. The zero-order valence-corrected chi connectivity index (χ0v) is 13.5. The van der Waals surface area contributed by atoms with Crippen molar-refractivity contribution < 1.29 is 23.1 Å². The number of hydrogen-bond donors (Lipinski definition) is 1. The summed E-state index contributed by atoms with van der Waals surface area (Å²) in [7, 11) is -2.69. The van der Waals surface area contributed by atoms with Gasteiger partial charge in [-0.2, -0.15) is 0 Å². The van der Waals surface area contributed by atoms with Crippen molar-refractivity contribution in [3.05, 3.63) is 59.7 Å². The number of carboxylic acid groups (broad SMARTS) is 1. The number of nitrogens with zero attached hydrogens (tertiary/aromatic N) is 2. The Hall–Kier alpha value is -2.87. The molecule has 0 aliphatic carbocycles. The Morgan fingerprint density at radius 3 is 2.42 bits per heavy atom. The van der Waals surface area contributed by atoms with Crippen molar-refractivity contribution in [2.75, 3.05) is 11.9 Å². The molecule has 0 fully saturated rings. The van der Waals surface area contributed by atoms with E-state index >= 15 is 0 Å². The molecule has 0 unspecified atom stereocenters. The summed E-state index contributed by atoms with van der Waals surface area (Å²) in [6, 6.07) is 11.7. The highest BCUT2D eigenvalue weighted by atomic mass is 32.2. The number of hydrogen-bond acceptors (Lipinski definition) is 4. The van der Waals surface area contributed by atoms with Gasteiger partial charge >= 0.3 is 12.0 Å². The molecule has 3 rings (SSSR count). The first-order chi connectivity index (χ1) is 11.3. The number of amides is 2. The molecule has 1 N–H and O–H groups in total. The van der Waals surface area contributed by atoms with Crippen molar-refractivity contribution in [3.8, 4) is 0 Å². The zero-order chi connectivity index (χ0) is 17.5. The van der Waals surface area contributed by atoms with Gasteiger partial charge in [-0.05, 0) is 23.8 Å². The first kappa shape index (κ1) is 16.0. The Kier molecular flexibility index (Phi) is 3.76. The van der Waals surface area contributed by atoms with Gasteiger partial charge < -0.3 is 5.11 Å². The Labute approximate surface area is 138 Å². The fourth-order valence-corrected chi connectivity index (χ4v) is 4.15. The normalized spacial score (nSPS) is 16.0. The third kappa shape index (κ3) is 2.50. The van der Waals surface area contributed by atoms with E-state index in [2.05, 4.69) is 0 Å². The second-order valence-electron chi connectivity index (χ2n) is 5.33. The molecule has 0 bridgehead atoms. The number of urea groups is 1. The number of fused-ring (bicyclic) bond motifs is 1. The van der Waals surface area contributed by atoms with Crippen LogP contribution in [0.5, 0.6) is 0 Å². The lowest BCUT2D eigenvalue weighted by Gasteiger charge is -2.34. The lowest BCUT2D eigenvalue weighted by atomic mass is 10.2. The fraction of sp³-hybridized carbons (Fsp3) is 0.125. The van der Waals surface area contributed by atoms with Crippen LogP contribution in [-0.4, -0.2) is 36.9 Å². The van der Waals surface area contributed by atoms with Crippen LogP contribution in [0.4, 0.5) is 10.5 Å². The van der Waals surface area contributed by atoms with Crippen LogP contribution in [0.25, 0.3) is 0 Å². The standard InChI is InChI=1S/C16H14N2O5S/c1-17-13-8-7-12(15(19)20)9-14(13)24(22,23)18(16(17)21)10-11-5-3-2-4-6-11/h2-9H,10H2,1H3,(H,19,20). The Bertz CT molecular complexity index is 925. The molecule has 0 radical (unpaired) electrons. The van der Waals surface area contributed by atoms with Gasteiger partial charge in [0.05, 0.1) is 17.8 Å². The molecule has 0 atom stereocenters. The summed E-state index contributed by atoms with van der Waals surface area (Å²) in [5, 5.41) is 9.09. The molecule has 124 valence electrons. The van der Waals surface area contributed by atoms with Gasteiger partial charge in [-0.15, -0.1) is 0 Å². The van der Waals surface area contributed by atoms with Crippen LogP contribution in [-0.2, 0) is 16.6 Å². The van der Waals surface area contributed by atoms with E-state index in [0.29, 0.717) is 5.56 Å². The monoisotopic (exact) mass is 346 g/mol. The summed E-state index contributed by atoms with van der Waals surface area (Å²) >= 11 is 0. The van der Waals surface area contributed by atoms with Crippen molar-refractivity contribution >= 4 is 27.7 Å². The predicted octanol–water partition coefficient (Wildman–Crippen LogP) is 2.15. The minimum atomic E-state index is -4.14. The van der Waals surface area contributed by atoms with Gasteiger partial charge in [0.2, 0.25) is 0 Å². The summed E-state index contributed by atoms with van der Waals surface area (Å²) in [5.74, 6) is -1.23. The molecule has 2 amide bonds. The van der Waals surface area contributed by atoms with E-state index in [1.54, 1.807) is 30.3 Å². The number of benzene rings is 2. The molecule has 1 aliphatic rings. The molecule has 24 heavy (non-hydrogen) atoms. The molecular weight excluding hydrogens is 332 g/mol. The van der Waals surface area contributed by atoms with Gasteiger partial charge in [-0.3, -0.25) is 4.90 Å². The summed E-state index contributed by atoms with van der Waals surface area (Å²) in [5.41, 5.74) is 0.662. The minimum absolute atomic E-state index is 0.122. The lowest BCUT2D eigenvalue weighted by molar-refractivity contribution is 0.0696. The van der Waals surface area contributed by atoms with Gasteiger partial charge in [-0.1, -0.05) is 30.3 Å². The maximum Gasteiger partial charge on any atom is 0.338 e. The van der Waals surface area contributed by atoms with E-state index in [9.17, 15) is 18.0 Å². The Morgan fingerprint density at radius 1 is 1.12 bits per heavy atom. The average Bonchev–Trinajstić information content (AvgIpc) is 2.57. The maximum atomic E-state index is 12.8. The molecule has 2 aromatic rings. The lowest BCUT2D eigenvalue weighted by Crippen LogP contribution is -2.48. The zero-order valence-electron chi connectivity index (χ0n) is 12.7. The fourth-order valence-electron chi connectivity index (χ4n) is 2.52. The highest BCUT2D eigenvalue weighted by Crippen LogP contribution is 2.35. The molecule has 0 saturated carbocycles. The number of sulfonamides is 1. The van der Waals surface area contributed by atoms with Crippen LogP contribution in [0, 0.1) is 0 Å². The third-order valence-electron chi connectivity index (χ3n) is 3.81. The molecule has 1 aliphatic heterocycles. The van der Waals surface area contributed by atoms with E-state index in [1.807, 2.05) is 0 Å². The van der Waals surface area contributed by atoms with Gasteiger partial charge in [0.15, 0.2) is 0 Å². The molecule has 0 saturated heterocycles. The van der Waals surface area contributed by atoms with Gasteiger partial charge in [0.1, 0.15) is 4.90 Å². The van der Waals surface area contributed by atoms with E-state index in [0.717, 1.165) is 10.4 Å². The summed E-state index contributed by atoms with van der Waals surface area (Å²) in [6.07, 6.45) is 0. The Morgan fingerprint density at radius 2 is 1.79 bits per heavy atom. The molecule has 8 heteroatoms. The van der Waals surface area contributed by atoms with Gasteiger partial charge in [-0.25, -0.2) is 22.3 Å². The second-order valence-corrected chi connectivity index (χ2v) is 7.16. The van der Waals surface area contributed by atoms with Crippen molar-refractivity contribution in [3.63, 3.8) is 0 Å². The van der Waals surface area contributed by atoms with Crippen molar-refractivity contribution in [2.45, 2.75) is 11.4 Å². The van der Waals surface area contributed by atoms with Crippen LogP contribution < -0.4 is 4.90 Å². The molecule has 0 spiro atoms. The Balaban J connectivity index is 2.12. The van der Waals surface area contributed by atoms with Crippen LogP contribution in [0.1, 0.15) is 15.9 Å². The van der Waals surface area contributed by atoms with Crippen LogP contribution in [0.15, 0.2) is 53.4 Å². The number of rotatable bonds is 3. The smallest absolute Gasteiger partial charge is 0.338 e. The number of carbonyl (C=O) groups is 2. The first-order valence-corrected chi connectivity index (χ1v) is 8.48. The van der Waals surface area contributed by atoms with E-state index in [4.69, 9.17) is 5.11 Å². The minimum Gasteiger partial charge on any atom is -0.478 e. The molecule has 1 heterocycles. The van der Waals surface area contributed by atoms with Gasteiger partial charge in [0, 0.05) is 7.05 Å². The summed E-state index contributed by atoms with van der Waals surface area (Å²) < 4.78 is 26.4. The molecule has 0 aromatic heterocycles. The third-order valence-corrected chi connectivity index (χ3v) is 5.55. The van der Waals surface area contributed by atoms with Crippen LogP contribution >= 0.6 is 0 Å². The quantitative estimate of drug-likeness (QED) is 0.919. The molecule has 2 aromatic carbocycles.